The predicted octanol–water partition coefficient (Wildman–Crippen LogP) is 4.14. The number of nitrogens with zero attached hydrogens (tertiary/aromatic N) is 3. The van der Waals surface area contributed by atoms with E-state index in [2.05, 4.69) is 42.9 Å². The molecule has 1 amide bonds. The SMILES string of the molecule is C=N.C[C@H]1CC[C@@H](Nc2c(C(N)=O)cnn3cc(-c4cccnc4F)cc23)C1(C)C. The van der Waals surface area contributed by atoms with Crippen LogP contribution in [-0.4, -0.2) is 33.3 Å². The molecule has 7 nitrogen and oxygen atoms in total. The predicted molar refractivity (Wildman–Crippen MR) is 116 cm³/mol. The maximum Gasteiger partial charge on any atom is 0.252 e. The molecule has 30 heavy (non-hydrogen) atoms. The number of nitrogens with two attached hydrogens (primary N) is 1. The summed E-state index contributed by atoms with van der Waals surface area (Å²) >= 11 is 0. The minimum atomic E-state index is -0.547. The third-order valence-electron chi connectivity index (χ3n) is 6.35. The van der Waals surface area contributed by atoms with Gasteiger partial charge in [0.05, 0.1) is 23.0 Å². The Kier molecular flexibility index (Phi) is 5.87. The number of nitrogens with one attached hydrogen (secondary N) is 2. The van der Waals surface area contributed by atoms with Crippen LogP contribution in [0.15, 0.2) is 36.8 Å². The molecule has 158 valence electrons. The van der Waals surface area contributed by atoms with Crippen LogP contribution in [0.4, 0.5) is 10.1 Å². The van der Waals surface area contributed by atoms with Gasteiger partial charge in [0, 0.05) is 29.6 Å². The number of hydrogen-bond acceptors (Lipinski definition) is 5. The second-order valence-corrected chi connectivity index (χ2v) is 8.19. The molecule has 1 aliphatic carbocycles. The molecule has 8 heteroatoms. The molecule has 3 aromatic rings. The van der Waals surface area contributed by atoms with Gasteiger partial charge in [-0.1, -0.05) is 20.8 Å². The van der Waals surface area contributed by atoms with Crippen molar-refractivity contribution in [3.63, 3.8) is 0 Å². The monoisotopic (exact) mass is 410 g/mol. The van der Waals surface area contributed by atoms with E-state index < -0.39 is 11.9 Å². The minimum Gasteiger partial charge on any atom is -0.379 e. The van der Waals surface area contributed by atoms with E-state index in [0.717, 1.165) is 12.8 Å². The number of primary amides is 1. The lowest BCUT2D eigenvalue weighted by molar-refractivity contribution is 0.100. The number of aromatic nitrogens is 3. The molecular weight excluding hydrogens is 383 g/mol. The zero-order valence-corrected chi connectivity index (χ0v) is 17.4. The summed E-state index contributed by atoms with van der Waals surface area (Å²) in [7, 11) is 0. The summed E-state index contributed by atoms with van der Waals surface area (Å²) in [4.78, 5) is 15.8. The molecule has 0 aromatic carbocycles. The highest BCUT2D eigenvalue weighted by Gasteiger charge is 2.41. The Labute approximate surface area is 175 Å². The molecule has 0 aliphatic heterocycles. The Bertz CT molecular complexity index is 1080. The summed E-state index contributed by atoms with van der Waals surface area (Å²) in [6.07, 6.45) is 6.73. The van der Waals surface area contributed by atoms with E-state index in [9.17, 15) is 9.18 Å². The van der Waals surface area contributed by atoms with Gasteiger partial charge in [-0.2, -0.15) is 9.49 Å². The molecule has 0 saturated heterocycles. The molecular formula is C22H27FN6O. The van der Waals surface area contributed by atoms with Gasteiger partial charge < -0.3 is 16.5 Å². The Hall–Kier alpha value is -3.29. The van der Waals surface area contributed by atoms with Crippen LogP contribution in [0.5, 0.6) is 0 Å². The van der Waals surface area contributed by atoms with Gasteiger partial charge in [0.25, 0.3) is 5.91 Å². The van der Waals surface area contributed by atoms with Gasteiger partial charge in [-0.3, -0.25) is 4.79 Å². The average molecular weight is 410 g/mol. The summed E-state index contributed by atoms with van der Waals surface area (Å²) in [6.45, 7) is 9.22. The molecule has 2 atom stereocenters. The third-order valence-corrected chi connectivity index (χ3v) is 6.35. The number of pyridine rings is 1. The van der Waals surface area contributed by atoms with E-state index in [0.29, 0.717) is 33.8 Å². The number of fused-ring (bicyclic) bond motifs is 1. The van der Waals surface area contributed by atoms with Crippen molar-refractivity contribution in [3.8, 4) is 11.1 Å². The number of anilines is 1. The number of halogens is 1. The molecule has 0 bridgehead atoms. The van der Waals surface area contributed by atoms with Crippen molar-refractivity contribution in [3.05, 3.63) is 48.3 Å². The molecule has 3 aromatic heterocycles. The normalized spacial score (nSPS) is 19.9. The average Bonchev–Trinajstić information content (AvgIpc) is 3.26. The molecule has 3 heterocycles. The van der Waals surface area contributed by atoms with Gasteiger partial charge >= 0.3 is 0 Å². The lowest BCUT2D eigenvalue weighted by Gasteiger charge is -2.33. The second kappa shape index (κ2) is 8.22. The zero-order valence-electron chi connectivity index (χ0n) is 17.4. The standard InChI is InChI=1S/C21H24FN5O.CH3N/c1-12-6-7-17(21(12,2)3)26-18-15(20(23)28)10-25-27-11-13(9-16(18)27)14-5-4-8-24-19(14)22;1-2/h4-5,8-12,17,26H,6-7H2,1-3H3,(H2,23,28);2H,1H2/t12-,17+;/m0./s1. The Morgan fingerprint density at radius 3 is 2.73 bits per heavy atom. The van der Waals surface area contributed by atoms with Crippen LogP contribution in [0, 0.1) is 22.7 Å². The Morgan fingerprint density at radius 1 is 1.40 bits per heavy atom. The first-order valence-electron chi connectivity index (χ1n) is 9.83. The van der Waals surface area contributed by atoms with Gasteiger partial charge in [-0.25, -0.2) is 9.50 Å². The zero-order chi connectivity index (χ0) is 22.1. The molecule has 4 N–H and O–H groups in total. The molecule has 1 aliphatic rings. The van der Waals surface area contributed by atoms with Gasteiger partial charge in [0.2, 0.25) is 5.95 Å². The van der Waals surface area contributed by atoms with Crippen molar-refractivity contribution in [2.24, 2.45) is 17.1 Å². The van der Waals surface area contributed by atoms with Crippen LogP contribution >= 0.6 is 0 Å². The highest BCUT2D eigenvalue weighted by molar-refractivity contribution is 6.02. The van der Waals surface area contributed by atoms with E-state index in [-0.39, 0.29) is 11.5 Å². The first-order valence-corrected chi connectivity index (χ1v) is 9.83. The third kappa shape index (κ3) is 3.65. The first-order chi connectivity index (χ1) is 14.3. The summed E-state index contributed by atoms with van der Waals surface area (Å²) in [5, 5.41) is 13.4. The fraction of sp³-hybridized carbons (Fsp3) is 0.364. The number of amides is 1. The van der Waals surface area contributed by atoms with Crippen molar-refractivity contribution in [1.82, 2.24) is 14.6 Å². The Balaban J connectivity index is 0.00000124. The number of carbonyl (C=O) groups excluding carboxylic acids is 1. The molecule has 0 radical (unpaired) electrons. The van der Waals surface area contributed by atoms with E-state index >= 15 is 0 Å². The Morgan fingerprint density at radius 2 is 2.13 bits per heavy atom. The largest absolute Gasteiger partial charge is 0.379 e. The highest BCUT2D eigenvalue weighted by atomic mass is 19.1. The quantitative estimate of drug-likeness (QED) is 0.444. The van der Waals surface area contributed by atoms with Gasteiger partial charge in [-0.05, 0) is 49.1 Å². The van der Waals surface area contributed by atoms with E-state index in [1.807, 2.05) is 6.07 Å². The maximum absolute atomic E-state index is 14.2. The van der Waals surface area contributed by atoms with E-state index in [4.69, 9.17) is 11.1 Å². The molecule has 0 spiro atoms. The first kappa shape index (κ1) is 21.4. The summed E-state index contributed by atoms with van der Waals surface area (Å²) in [6, 6.07) is 5.36. The van der Waals surface area contributed by atoms with Crippen LogP contribution in [0.25, 0.3) is 16.6 Å². The molecule has 1 saturated carbocycles. The smallest absolute Gasteiger partial charge is 0.252 e. The molecule has 0 unspecified atom stereocenters. The van der Waals surface area contributed by atoms with Crippen LogP contribution in [0.3, 0.4) is 0 Å². The van der Waals surface area contributed by atoms with Crippen LogP contribution < -0.4 is 11.1 Å². The highest BCUT2D eigenvalue weighted by Crippen LogP contribution is 2.44. The van der Waals surface area contributed by atoms with E-state index in [1.165, 1.54) is 12.4 Å². The van der Waals surface area contributed by atoms with Crippen molar-refractivity contribution in [2.45, 2.75) is 39.7 Å². The summed E-state index contributed by atoms with van der Waals surface area (Å²) in [5.74, 6) is -0.530. The van der Waals surface area contributed by atoms with Crippen LogP contribution in [-0.2, 0) is 0 Å². The summed E-state index contributed by atoms with van der Waals surface area (Å²) < 4.78 is 15.8. The molecule has 1 fully saturated rings. The summed E-state index contributed by atoms with van der Waals surface area (Å²) in [5.41, 5.74) is 8.37. The number of hydrogen-bond donors (Lipinski definition) is 3. The van der Waals surface area contributed by atoms with Crippen molar-refractivity contribution in [1.29, 1.82) is 5.41 Å². The van der Waals surface area contributed by atoms with Crippen molar-refractivity contribution in [2.75, 3.05) is 5.32 Å². The van der Waals surface area contributed by atoms with Crippen molar-refractivity contribution >= 4 is 23.8 Å². The van der Waals surface area contributed by atoms with Crippen molar-refractivity contribution < 1.29 is 9.18 Å². The van der Waals surface area contributed by atoms with Gasteiger partial charge in [0.15, 0.2) is 0 Å². The van der Waals surface area contributed by atoms with Crippen LogP contribution in [0.2, 0.25) is 0 Å². The fourth-order valence-electron chi connectivity index (χ4n) is 4.08. The maximum atomic E-state index is 14.2. The minimum absolute atomic E-state index is 0.0695. The molecule has 4 rings (SSSR count). The fourth-order valence-corrected chi connectivity index (χ4v) is 4.08. The van der Waals surface area contributed by atoms with Gasteiger partial charge in [-0.15, -0.1) is 0 Å². The van der Waals surface area contributed by atoms with E-state index in [1.54, 1.807) is 22.8 Å². The number of carbonyl (C=O) groups is 1. The lowest BCUT2D eigenvalue weighted by Crippen LogP contribution is -2.35. The number of rotatable bonds is 4. The van der Waals surface area contributed by atoms with Gasteiger partial charge in [0.1, 0.15) is 0 Å². The lowest BCUT2D eigenvalue weighted by atomic mass is 9.80. The second-order valence-electron chi connectivity index (χ2n) is 8.19. The topological polar surface area (TPSA) is 109 Å². The van der Waals surface area contributed by atoms with Crippen LogP contribution in [0.1, 0.15) is 44.0 Å².